The fourth-order valence-corrected chi connectivity index (χ4v) is 5.09. The van der Waals surface area contributed by atoms with Gasteiger partial charge in [0.1, 0.15) is 0 Å². The first kappa shape index (κ1) is 15.3. The van der Waals surface area contributed by atoms with E-state index in [0.717, 1.165) is 22.0 Å². The second-order valence-corrected chi connectivity index (χ2v) is 8.63. The molecule has 1 unspecified atom stereocenters. The van der Waals surface area contributed by atoms with Crippen molar-refractivity contribution in [3.8, 4) is 0 Å². The Bertz CT molecular complexity index is 950. The molecule has 6 heteroatoms. The van der Waals surface area contributed by atoms with Crippen molar-refractivity contribution in [2.24, 2.45) is 5.10 Å². The number of rotatable bonds is 2. The lowest BCUT2D eigenvalue weighted by atomic mass is 10.00. The summed E-state index contributed by atoms with van der Waals surface area (Å²) in [6.45, 7) is 0. The number of hydrogen-bond donors (Lipinski definition) is 0. The number of benzene rings is 2. The van der Waals surface area contributed by atoms with Gasteiger partial charge in [-0.2, -0.15) is 5.10 Å². The highest BCUT2D eigenvalue weighted by Gasteiger charge is 2.36. The molecule has 5 nitrogen and oxygen atoms in total. The molecule has 24 heavy (non-hydrogen) atoms. The van der Waals surface area contributed by atoms with Gasteiger partial charge in [0.2, 0.25) is 5.91 Å². The number of nitrogens with zero attached hydrogens (tertiary/aromatic N) is 2. The maximum absolute atomic E-state index is 12.2. The van der Waals surface area contributed by atoms with Crippen LogP contribution in [0, 0.1) is 0 Å². The van der Waals surface area contributed by atoms with E-state index >= 15 is 0 Å². The third kappa shape index (κ3) is 2.82. The minimum Gasteiger partial charge on any atom is -0.273 e. The van der Waals surface area contributed by atoms with Crippen LogP contribution in [0.3, 0.4) is 0 Å². The van der Waals surface area contributed by atoms with Gasteiger partial charge in [-0.05, 0) is 28.8 Å². The van der Waals surface area contributed by atoms with E-state index in [9.17, 15) is 13.2 Å². The molecule has 0 saturated carbocycles. The van der Waals surface area contributed by atoms with Crippen LogP contribution in [0.1, 0.15) is 24.8 Å². The molecule has 2 aromatic rings. The molecule has 2 aromatic carbocycles. The second-order valence-electron chi connectivity index (χ2n) is 6.40. The predicted molar refractivity (Wildman–Crippen MR) is 93.6 cm³/mol. The zero-order valence-electron chi connectivity index (χ0n) is 13.2. The van der Waals surface area contributed by atoms with E-state index in [0.29, 0.717) is 19.3 Å². The van der Waals surface area contributed by atoms with Crippen molar-refractivity contribution in [3.63, 3.8) is 0 Å². The van der Waals surface area contributed by atoms with Crippen LogP contribution in [0.25, 0.3) is 10.8 Å². The van der Waals surface area contributed by atoms with Crippen LogP contribution in [-0.4, -0.2) is 42.6 Å². The quantitative estimate of drug-likeness (QED) is 0.841. The molecule has 2 aliphatic heterocycles. The molecule has 1 saturated heterocycles. The maximum atomic E-state index is 12.2. The van der Waals surface area contributed by atoms with E-state index in [1.807, 2.05) is 24.3 Å². The Balaban J connectivity index is 1.68. The van der Waals surface area contributed by atoms with Gasteiger partial charge < -0.3 is 0 Å². The summed E-state index contributed by atoms with van der Waals surface area (Å²) in [5, 5.41) is 8.23. The molecule has 4 rings (SSSR count). The molecule has 1 amide bonds. The molecule has 2 aliphatic rings. The highest BCUT2D eigenvalue weighted by molar-refractivity contribution is 7.91. The predicted octanol–water partition coefficient (Wildman–Crippen LogP) is 2.35. The van der Waals surface area contributed by atoms with Gasteiger partial charge in [0.25, 0.3) is 0 Å². The third-order valence-electron chi connectivity index (χ3n) is 4.70. The molecule has 0 aliphatic carbocycles. The number of carbonyl (C=O) groups is 1. The highest BCUT2D eigenvalue weighted by atomic mass is 32.2. The molecule has 0 radical (unpaired) electrons. The summed E-state index contributed by atoms with van der Waals surface area (Å²) >= 11 is 0. The molecular weight excluding hydrogens is 324 g/mol. The summed E-state index contributed by atoms with van der Waals surface area (Å²) in [6.07, 6.45) is 1.44. The van der Waals surface area contributed by atoms with E-state index in [4.69, 9.17) is 0 Å². The number of fused-ring (bicyclic) bond motifs is 1. The lowest BCUT2D eigenvalue weighted by Crippen LogP contribution is -2.40. The topological polar surface area (TPSA) is 66.8 Å². The fraction of sp³-hybridized carbons (Fsp3) is 0.333. The van der Waals surface area contributed by atoms with Gasteiger partial charge in [-0.3, -0.25) is 4.79 Å². The van der Waals surface area contributed by atoms with Crippen LogP contribution in [0.2, 0.25) is 0 Å². The summed E-state index contributed by atoms with van der Waals surface area (Å²) in [5.74, 6) is 0.0804. The summed E-state index contributed by atoms with van der Waals surface area (Å²) < 4.78 is 23.4. The lowest BCUT2D eigenvalue weighted by molar-refractivity contribution is -0.133. The largest absolute Gasteiger partial charge is 0.273 e. The number of sulfone groups is 1. The van der Waals surface area contributed by atoms with Crippen LogP contribution < -0.4 is 0 Å². The normalized spacial score (nSPS) is 23.5. The van der Waals surface area contributed by atoms with Crippen molar-refractivity contribution in [1.29, 1.82) is 0 Å². The first-order chi connectivity index (χ1) is 11.5. The minimum atomic E-state index is -3.04. The van der Waals surface area contributed by atoms with E-state index in [1.165, 1.54) is 5.01 Å². The number of hydrogen-bond acceptors (Lipinski definition) is 4. The molecule has 0 spiro atoms. The Labute approximate surface area is 140 Å². The summed E-state index contributed by atoms with van der Waals surface area (Å²) in [4.78, 5) is 12.2. The van der Waals surface area contributed by atoms with Gasteiger partial charge in [0, 0.05) is 12.8 Å². The van der Waals surface area contributed by atoms with E-state index in [2.05, 4.69) is 23.3 Å². The molecule has 1 atom stereocenters. The van der Waals surface area contributed by atoms with Gasteiger partial charge in [0.05, 0.1) is 23.3 Å². The Morgan fingerprint density at radius 1 is 1.04 bits per heavy atom. The Kier molecular flexibility index (Phi) is 3.64. The third-order valence-corrected chi connectivity index (χ3v) is 6.45. The molecule has 1 fully saturated rings. The van der Waals surface area contributed by atoms with Crippen LogP contribution in [0.15, 0.2) is 47.6 Å². The van der Waals surface area contributed by atoms with E-state index in [-0.39, 0.29) is 23.5 Å². The molecular formula is C18H18N2O3S. The van der Waals surface area contributed by atoms with Crippen molar-refractivity contribution >= 4 is 32.2 Å². The first-order valence-corrected chi connectivity index (χ1v) is 9.93. The number of hydrazone groups is 1. The average Bonchev–Trinajstić information content (AvgIpc) is 2.94. The number of amides is 1. The smallest absolute Gasteiger partial charge is 0.243 e. The second kappa shape index (κ2) is 5.70. The average molecular weight is 342 g/mol. The van der Waals surface area contributed by atoms with Gasteiger partial charge >= 0.3 is 0 Å². The summed E-state index contributed by atoms with van der Waals surface area (Å²) in [7, 11) is -3.04. The van der Waals surface area contributed by atoms with Crippen LogP contribution >= 0.6 is 0 Å². The van der Waals surface area contributed by atoms with Crippen molar-refractivity contribution in [2.45, 2.75) is 25.3 Å². The number of carbonyl (C=O) groups excluding carboxylic acids is 1. The molecule has 124 valence electrons. The highest BCUT2D eigenvalue weighted by Crippen LogP contribution is 2.25. The zero-order valence-corrected chi connectivity index (χ0v) is 14.0. The SMILES string of the molecule is O=C1CCC(c2ccc3ccccc3c2)=NN1C1CCS(=O)(=O)C1. The standard InChI is InChI=1S/C18H18N2O3S/c21-18-8-7-17(19-20(18)16-9-10-24(22,23)12-16)15-6-5-13-3-1-2-4-14(13)11-15/h1-6,11,16H,7-10,12H2. The van der Waals surface area contributed by atoms with Gasteiger partial charge in [-0.15, -0.1) is 0 Å². The van der Waals surface area contributed by atoms with Gasteiger partial charge in [0.15, 0.2) is 9.84 Å². The van der Waals surface area contributed by atoms with Gasteiger partial charge in [-0.25, -0.2) is 13.4 Å². The molecule has 0 bridgehead atoms. The maximum Gasteiger partial charge on any atom is 0.243 e. The van der Waals surface area contributed by atoms with Crippen LogP contribution in [0.4, 0.5) is 0 Å². The molecule has 0 N–H and O–H groups in total. The minimum absolute atomic E-state index is 0.0211. The van der Waals surface area contributed by atoms with Crippen LogP contribution in [-0.2, 0) is 14.6 Å². The van der Waals surface area contributed by atoms with Gasteiger partial charge in [-0.1, -0.05) is 36.4 Å². The lowest BCUT2D eigenvalue weighted by Gasteiger charge is -2.28. The first-order valence-electron chi connectivity index (χ1n) is 8.11. The van der Waals surface area contributed by atoms with Crippen molar-refractivity contribution in [2.75, 3.05) is 11.5 Å². The summed E-state index contributed by atoms with van der Waals surface area (Å²) in [6, 6.07) is 13.9. The monoisotopic (exact) mass is 342 g/mol. The van der Waals surface area contributed by atoms with E-state index < -0.39 is 9.84 Å². The van der Waals surface area contributed by atoms with Crippen molar-refractivity contribution in [1.82, 2.24) is 5.01 Å². The van der Waals surface area contributed by atoms with E-state index in [1.54, 1.807) is 0 Å². The Morgan fingerprint density at radius 3 is 2.58 bits per heavy atom. The van der Waals surface area contributed by atoms with Crippen LogP contribution in [0.5, 0.6) is 0 Å². The molecule has 2 heterocycles. The summed E-state index contributed by atoms with van der Waals surface area (Å²) in [5.41, 5.74) is 1.84. The zero-order chi connectivity index (χ0) is 16.7. The Morgan fingerprint density at radius 2 is 1.83 bits per heavy atom. The van der Waals surface area contributed by atoms with Crippen molar-refractivity contribution in [3.05, 3.63) is 48.0 Å². The molecule has 0 aromatic heterocycles. The fourth-order valence-electron chi connectivity index (χ4n) is 3.40. The van der Waals surface area contributed by atoms with Crippen molar-refractivity contribution < 1.29 is 13.2 Å². The Hall–Kier alpha value is -2.21.